The third-order valence-electron chi connectivity index (χ3n) is 2.28. The van der Waals surface area contributed by atoms with E-state index in [-0.39, 0.29) is 12.3 Å². The second kappa shape index (κ2) is 6.51. The quantitative estimate of drug-likeness (QED) is 0.642. The molecule has 0 unspecified atom stereocenters. The fraction of sp³-hybridized carbons (Fsp3) is 0.500. The molecule has 0 saturated heterocycles. The van der Waals surface area contributed by atoms with Gasteiger partial charge in [0.1, 0.15) is 0 Å². The first kappa shape index (κ1) is 13.9. The topological polar surface area (TPSA) is 79.5 Å². The van der Waals surface area contributed by atoms with Gasteiger partial charge in [-0.1, -0.05) is 0 Å². The van der Waals surface area contributed by atoms with Crippen molar-refractivity contribution in [1.29, 1.82) is 0 Å². The summed E-state index contributed by atoms with van der Waals surface area (Å²) in [6, 6.07) is 1.43. The van der Waals surface area contributed by atoms with E-state index >= 15 is 0 Å². The Balaban J connectivity index is 3.05. The molecule has 0 aliphatic rings. The number of nitrogens with zero attached hydrogens (tertiary/aromatic N) is 3. The summed E-state index contributed by atoms with van der Waals surface area (Å²) in [6.07, 6.45) is 2.09. The number of rotatable bonds is 6. The zero-order valence-corrected chi connectivity index (χ0v) is 11.1. The maximum absolute atomic E-state index is 10.9. The molecular weight excluding hydrogens is 290 g/mol. The van der Waals surface area contributed by atoms with Gasteiger partial charge in [0.25, 0.3) is 0 Å². The molecule has 0 aliphatic heterocycles. The summed E-state index contributed by atoms with van der Waals surface area (Å²) in [5.74, 6) is 0.342. The van der Waals surface area contributed by atoms with Crippen molar-refractivity contribution in [3.8, 4) is 0 Å². The van der Waals surface area contributed by atoms with Crippen molar-refractivity contribution in [2.45, 2.75) is 13.3 Å². The number of aromatic nitrogens is 1. The Morgan fingerprint density at radius 1 is 1.65 bits per heavy atom. The van der Waals surface area contributed by atoms with Crippen LogP contribution in [-0.4, -0.2) is 34.7 Å². The van der Waals surface area contributed by atoms with Crippen LogP contribution in [0.5, 0.6) is 0 Å². The van der Waals surface area contributed by atoms with Crippen LogP contribution in [0.2, 0.25) is 0 Å². The van der Waals surface area contributed by atoms with Crippen LogP contribution < -0.4 is 4.90 Å². The van der Waals surface area contributed by atoms with Gasteiger partial charge >= 0.3 is 5.69 Å². The molecule has 17 heavy (non-hydrogen) atoms. The second-order valence-corrected chi connectivity index (χ2v) is 4.33. The SMILES string of the molecule is CCN(CCCO)c1ncc(Br)cc1[N+](=O)[O-]. The normalized spacial score (nSPS) is 10.3. The summed E-state index contributed by atoms with van der Waals surface area (Å²) in [5, 5.41) is 19.7. The number of anilines is 1. The summed E-state index contributed by atoms with van der Waals surface area (Å²) < 4.78 is 0.575. The number of aliphatic hydroxyl groups excluding tert-OH is 1. The van der Waals surface area contributed by atoms with Gasteiger partial charge in [-0.05, 0) is 29.3 Å². The molecule has 0 fully saturated rings. The highest BCUT2D eigenvalue weighted by molar-refractivity contribution is 9.10. The lowest BCUT2D eigenvalue weighted by molar-refractivity contribution is -0.384. The first-order valence-electron chi connectivity index (χ1n) is 5.25. The van der Waals surface area contributed by atoms with Crippen molar-refractivity contribution in [1.82, 2.24) is 4.98 Å². The zero-order valence-electron chi connectivity index (χ0n) is 9.47. The molecule has 0 radical (unpaired) electrons. The lowest BCUT2D eigenvalue weighted by Gasteiger charge is -2.21. The summed E-state index contributed by atoms with van der Waals surface area (Å²) in [4.78, 5) is 16.3. The van der Waals surface area contributed by atoms with Crippen molar-refractivity contribution in [3.63, 3.8) is 0 Å². The largest absolute Gasteiger partial charge is 0.396 e. The van der Waals surface area contributed by atoms with Gasteiger partial charge in [0.05, 0.1) is 4.92 Å². The Bertz CT molecular complexity index is 400. The average molecular weight is 304 g/mol. The number of aliphatic hydroxyl groups is 1. The molecule has 0 spiro atoms. The van der Waals surface area contributed by atoms with E-state index in [0.717, 1.165) is 0 Å². The lowest BCUT2D eigenvalue weighted by atomic mass is 10.3. The summed E-state index contributed by atoms with van der Waals surface area (Å²) in [6.45, 7) is 3.10. The van der Waals surface area contributed by atoms with Crippen LogP contribution in [0, 0.1) is 10.1 Å². The van der Waals surface area contributed by atoms with Crippen LogP contribution in [0.15, 0.2) is 16.7 Å². The molecule has 0 aromatic carbocycles. The predicted octanol–water partition coefficient (Wildman–Crippen LogP) is 1.96. The molecule has 0 saturated carbocycles. The number of pyridine rings is 1. The Hall–Kier alpha value is -1.21. The van der Waals surface area contributed by atoms with Gasteiger partial charge in [-0.25, -0.2) is 4.98 Å². The number of nitro groups is 1. The smallest absolute Gasteiger partial charge is 0.312 e. The molecule has 1 aromatic heterocycles. The molecule has 7 heteroatoms. The van der Waals surface area contributed by atoms with Crippen LogP contribution in [-0.2, 0) is 0 Å². The van der Waals surface area contributed by atoms with Gasteiger partial charge in [0.2, 0.25) is 5.82 Å². The Morgan fingerprint density at radius 3 is 2.88 bits per heavy atom. The van der Waals surface area contributed by atoms with Gasteiger partial charge in [0, 0.05) is 36.4 Å². The van der Waals surface area contributed by atoms with Crippen molar-refractivity contribution >= 4 is 27.4 Å². The van der Waals surface area contributed by atoms with E-state index in [1.807, 2.05) is 6.92 Å². The minimum Gasteiger partial charge on any atom is -0.396 e. The van der Waals surface area contributed by atoms with Crippen LogP contribution in [0.4, 0.5) is 11.5 Å². The van der Waals surface area contributed by atoms with Crippen LogP contribution in [0.3, 0.4) is 0 Å². The summed E-state index contributed by atoms with van der Waals surface area (Å²) in [7, 11) is 0. The molecule has 1 heterocycles. The number of hydrogen-bond donors (Lipinski definition) is 1. The molecule has 0 amide bonds. The van der Waals surface area contributed by atoms with Crippen LogP contribution in [0.25, 0.3) is 0 Å². The van der Waals surface area contributed by atoms with Crippen molar-refractivity contribution in [3.05, 3.63) is 26.9 Å². The molecule has 0 aliphatic carbocycles. The van der Waals surface area contributed by atoms with Gasteiger partial charge in [-0.15, -0.1) is 0 Å². The molecule has 6 nitrogen and oxygen atoms in total. The maximum Gasteiger partial charge on any atom is 0.312 e. The van der Waals surface area contributed by atoms with Crippen molar-refractivity contribution < 1.29 is 10.0 Å². The third-order valence-corrected chi connectivity index (χ3v) is 2.71. The predicted molar refractivity (Wildman–Crippen MR) is 68.2 cm³/mol. The molecule has 1 aromatic rings. The number of hydrogen-bond acceptors (Lipinski definition) is 5. The average Bonchev–Trinajstić information content (AvgIpc) is 2.31. The Kier molecular flexibility index (Phi) is 5.30. The van der Waals surface area contributed by atoms with E-state index in [1.165, 1.54) is 12.3 Å². The first-order chi connectivity index (χ1) is 8.10. The minimum atomic E-state index is -0.450. The highest BCUT2D eigenvalue weighted by atomic mass is 79.9. The van der Waals surface area contributed by atoms with Crippen LogP contribution in [0.1, 0.15) is 13.3 Å². The molecular formula is C10H14BrN3O3. The molecule has 94 valence electrons. The van der Waals surface area contributed by atoms with E-state index < -0.39 is 4.92 Å². The number of halogens is 1. The minimum absolute atomic E-state index is 0.0286. The molecule has 0 atom stereocenters. The molecule has 1 rings (SSSR count). The van der Waals surface area contributed by atoms with Crippen LogP contribution >= 0.6 is 15.9 Å². The van der Waals surface area contributed by atoms with Crippen molar-refractivity contribution in [2.24, 2.45) is 0 Å². The van der Waals surface area contributed by atoms with Gasteiger partial charge in [-0.3, -0.25) is 10.1 Å². The third kappa shape index (κ3) is 3.64. The van der Waals surface area contributed by atoms with E-state index in [1.54, 1.807) is 4.90 Å². The Morgan fingerprint density at radius 2 is 2.35 bits per heavy atom. The van der Waals surface area contributed by atoms with E-state index in [2.05, 4.69) is 20.9 Å². The van der Waals surface area contributed by atoms with E-state index in [9.17, 15) is 10.1 Å². The Labute approximate surface area is 108 Å². The molecule has 0 bridgehead atoms. The van der Waals surface area contributed by atoms with Crippen molar-refractivity contribution in [2.75, 3.05) is 24.6 Å². The van der Waals surface area contributed by atoms with E-state index in [4.69, 9.17) is 5.11 Å². The lowest BCUT2D eigenvalue weighted by Crippen LogP contribution is -2.26. The van der Waals surface area contributed by atoms with E-state index in [0.29, 0.717) is 29.8 Å². The van der Waals surface area contributed by atoms with Gasteiger partial charge in [-0.2, -0.15) is 0 Å². The molecule has 1 N–H and O–H groups in total. The first-order valence-corrected chi connectivity index (χ1v) is 6.05. The fourth-order valence-electron chi connectivity index (χ4n) is 1.47. The maximum atomic E-state index is 10.9. The summed E-state index contributed by atoms with van der Waals surface area (Å²) >= 11 is 3.16. The zero-order chi connectivity index (χ0) is 12.8. The second-order valence-electron chi connectivity index (χ2n) is 3.41. The summed E-state index contributed by atoms with van der Waals surface area (Å²) in [5.41, 5.74) is -0.0286. The van der Waals surface area contributed by atoms with Gasteiger partial charge in [0.15, 0.2) is 0 Å². The fourth-order valence-corrected chi connectivity index (χ4v) is 1.79. The monoisotopic (exact) mass is 303 g/mol. The standard InChI is InChI=1S/C10H14BrN3O3/c1-2-13(4-3-5-15)10-9(14(16)17)6-8(11)7-12-10/h6-7,15H,2-5H2,1H3. The highest BCUT2D eigenvalue weighted by Crippen LogP contribution is 2.28. The van der Waals surface area contributed by atoms with Gasteiger partial charge < -0.3 is 10.0 Å². The highest BCUT2D eigenvalue weighted by Gasteiger charge is 2.20.